The number of hydrogen-bond acceptors (Lipinski definition) is 5. The van der Waals surface area contributed by atoms with Gasteiger partial charge in [0, 0.05) is 25.1 Å². The van der Waals surface area contributed by atoms with E-state index in [0.717, 1.165) is 17.0 Å². The zero-order valence-corrected chi connectivity index (χ0v) is 12.7. The molecule has 116 valence electrons. The summed E-state index contributed by atoms with van der Waals surface area (Å²) < 4.78 is 11.0. The van der Waals surface area contributed by atoms with E-state index in [1.165, 1.54) is 0 Å². The van der Waals surface area contributed by atoms with Gasteiger partial charge in [-0.05, 0) is 24.3 Å². The minimum Gasteiger partial charge on any atom is -0.468 e. The van der Waals surface area contributed by atoms with E-state index < -0.39 is 0 Å². The number of oxazole rings is 1. The van der Waals surface area contributed by atoms with Crippen molar-refractivity contribution in [3.8, 4) is 17.5 Å². The molecule has 0 fully saturated rings. The van der Waals surface area contributed by atoms with Crippen LogP contribution in [-0.4, -0.2) is 16.4 Å². The molecule has 0 aliphatic carbocycles. The lowest BCUT2D eigenvalue weighted by atomic mass is 10.2. The average molecular weight is 307 g/mol. The highest BCUT2D eigenvalue weighted by Crippen LogP contribution is 2.19. The fourth-order valence-electron chi connectivity index (χ4n) is 2.37. The van der Waals surface area contributed by atoms with Crippen LogP contribution >= 0.6 is 0 Å². The van der Waals surface area contributed by atoms with Crippen molar-refractivity contribution in [2.75, 3.05) is 6.54 Å². The van der Waals surface area contributed by atoms with Crippen LogP contribution in [0.25, 0.3) is 11.5 Å². The first-order valence-electron chi connectivity index (χ1n) is 7.46. The van der Waals surface area contributed by atoms with Crippen molar-refractivity contribution in [3.63, 3.8) is 0 Å². The minimum absolute atomic E-state index is 0.462. The molecule has 5 heteroatoms. The number of hydrogen-bond donors (Lipinski definition) is 0. The molecule has 0 aliphatic heterocycles. The zero-order chi connectivity index (χ0) is 15.9. The Morgan fingerprint density at radius 1 is 1.04 bits per heavy atom. The standard InChI is InChI=1S/C18H17N3O2/c19-9-5-10-21(13-17-8-4-11-22-17)12-16-14-23-18(20-16)15-6-2-1-3-7-15/h1-4,6-8,11,14H,5,10,12-13H2. The minimum atomic E-state index is 0.462. The first-order valence-corrected chi connectivity index (χ1v) is 7.46. The molecule has 0 atom stereocenters. The maximum absolute atomic E-state index is 8.83. The molecule has 2 heterocycles. The van der Waals surface area contributed by atoms with Gasteiger partial charge in [-0.1, -0.05) is 18.2 Å². The molecule has 3 rings (SSSR count). The van der Waals surface area contributed by atoms with Crippen LogP contribution in [0.4, 0.5) is 0 Å². The monoisotopic (exact) mass is 307 g/mol. The molecule has 2 aromatic heterocycles. The van der Waals surface area contributed by atoms with Gasteiger partial charge in [-0.3, -0.25) is 4.90 Å². The van der Waals surface area contributed by atoms with E-state index in [-0.39, 0.29) is 0 Å². The van der Waals surface area contributed by atoms with E-state index in [1.807, 2.05) is 42.5 Å². The van der Waals surface area contributed by atoms with Gasteiger partial charge in [-0.15, -0.1) is 0 Å². The Labute approximate surface area is 134 Å². The van der Waals surface area contributed by atoms with Gasteiger partial charge in [-0.25, -0.2) is 4.98 Å². The molecule has 0 unspecified atom stereocenters. The van der Waals surface area contributed by atoms with Crippen LogP contribution in [0.2, 0.25) is 0 Å². The Morgan fingerprint density at radius 3 is 2.65 bits per heavy atom. The lowest BCUT2D eigenvalue weighted by Gasteiger charge is -2.18. The van der Waals surface area contributed by atoms with Gasteiger partial charge in [0.05, 0.1) is 24.6 Å². The highest BCUT2D eigenvalue weighted by Gasteiger charge is 2.12. The summed E-state index contributed by atoms with van der Waals surface area (Å²) in [7, 11) is 0. The molecule has 0 aliphatic rings. The van der Waals surface area contributed by atoms with Crippen LogP contribution in [0.5, 0.6) is 0 Å². The molecule has 0 saturated heterocycles. The summed E-state index contributed by atoms with van der Waals surface area (Å²) in [5, 5.41) is 8.83. The third kappa shape index (κ3) is 4.09. The largest absolute Gasteiger partial charge is 0.468 e. The van der Waals surface area contributed by atoms with Gasteiger partial charge >= 0.3 is 0 Å². The average Bonchev–Trinajstić information content (AvgIpc) is 3.25. The van der Waals surface area contributed by atoms with Gasteiger partial charge in [0.15, 0.2) is 0 Å². The second-order valence-electron chi connectivity index (χ2n) is 5.21. The van der Waals surface area contributed by atoms with Crippen molar-refractivity contribution in [1.82, 2.24) is 9.88 Å². The number of benzene rings is 1. The summed E-state index contributed by atoms with van der Waals surface area (Å²) in [6.45, 7) is 1.91. The lowest BCUT2D eigenvalue weighted by Crippen LogP contribution is -2.23. The van der Waals surface area contributed by atoms with E-state index in [1.54, 1.807) is 12.5 Å². The topological polar surface area (TPSA) is 66.2 Å². The maximum Gasteiger partial charge on any atom is 0.226 e. The Hall–Kier alpha value is -2.84. The van der Waals surface area contributed by atoms with Gasteiger partial charge in [0.1, 0.15) is 12.0 Å². The first-order chi connectivity index (χ1) is 11.3. The quantitative estimate of drug-likeness (QED) is 0.663. The van der Waals surface area contributed by atoms with Crippen molar-refractivity contribution >= 4 is 0 Å². The second-order valence-corrected chi connectivity index (χ2v) is 5.21. The third-order valence-corrected chi connectivity index (χ3v) is 3.46. The van der Waals surface area contributed by atoms with E-state index >= 15 is 0 Å². The molecule has 23 heavy (non-hydrogen) atoms. The van der Waals surface area contributed by atoms with Crippen molar-refractivity contribution in [2.45, 2.75) is 19.5 Å². The van der Waals surface area contributed by atoms with Crippen LogP contribution in [0, 0.1) is 11.3 Å². The highest BCUT2D eigenvalue weighted by atomic mass is 16.3. The van der Waals surface area contributed by atoms with E-state index in [9.17, 15) is 0 Å². The molecule has 0 saturated carbocycles. The van der Waals surface area contributed by atoms with Gasteiger partial charge in [-0.2, -0.15) is 5.26 Å². The molecule has 0 N–H and O–H groups in total. The SMILES string of the molecule is N#CCCN(Cc1coc(-c2ccccc2)n1)Cc1ccco1. The van der Waals surface area contributed by atoms with Crippen molar-refractivity contribution in [3.05, 3.63) is 66.4 Å². The summed E-state index contributed by atoms with van der Waals surface area (Å²) in [5.74, 6) is 1.48. The number of furan rings is 1. The molecular formula is C18H17N3O2. The Morgan fingerprint density at radius 2 is 1.91 bits per heavy atom. The van der Waals surface area contributed by atoms with Crippen LogP contribution in [-0.2, 0) is 13.1 Å². The molecule has 3 aromatic rings. The summed E-state index contributed by atoms with van der Waals surface area (Å²) in [4.78, 5) is 6.66. The third-order valence-electron chi connectivity index (χ3n) is 3.46. The van der Waals surface area contributed by atoms with Crippen LogP contribution in [0.15, 0.2) is 63.8 Å². The van der Waals surface area contributed by atoms with Gasteiger partial charge in [0.2, 0.25) is 5.89 Å². The smallest absolute Gasteiger partial charge is 0.226 e. The van der Waals surface area contributed by atoms with Crippen LogP contribution in [0.3, 0.4) is 0 Å². The molecule has 5 nitrogen and oxygen atoms in total. The molecular weight excluding hydrogens is 290 g/mol. The van der Waals surface area contributed by atoms with Crippen LogP contribution in [0.1, 0.15) is 17.9 Å². The van der Waals surface area contributed by atoms with E-state index in [2.05, 4.69) is 16.0 Å². The summed E-state index contributed by atoms with van der Waals surface area (Å²) in [6, 6.07) is 15.8. The summed E-state index contributed by atoms with van der Waals surface area (Å²) in [6.07, 6.45) is 3.79. The molecule has 1 aromatic carbocycles. The van der Waals surface area contributed by atoms with E-state index in [0.29, 0.717) is 31.9 Å². The van der Waals surface area contributed by atoms with Gasteiger partial charge in [0.25, 0.3) is 0 Å². The van der Waals surface area contributed by atoms with E-state index in [4.69, 9.17) is 14.1 Å². The Balaban J connectivity index is 1.70. The first kappa shape index (κ1) is 15.1. The predicted octanol–water partition coefficient (Wildman–Crippen LogP) is 3.85. The van der Waals surface area contributed by atoms with Crippen molar-refractivity contribution in [2.24, 2.45) is 0 Å². The fraction of sp³-hybridized carbons (Fsp3) is 0.222. The lowest BCUT2D eigenvalue weighted by molar-refractivity contribution is 0.238. The second kappa shape index (κ2) is 7.43. The Bertz CT molecular complexity index is 757. The zero-order valence-electron chi connectivity index (χ0n) is 12.7. The molecule has 0 amide bonds. The molecule has 0 spiro atoms. The molecule has 0 radical (unpaired) electrons. The highest BCUT2D eigenvalue weighted by molar-refractivity contribution is 5.52. The maximum atomic E-state index is 8.83. The van der Waals surface area contributed by atoms with Crippen molar-refractivity contribution in [1.29, 1.82) is 5.26 Å². The number of nitrogens with zero attached hydrogens (tertiary/aromatic N) is 3. The van der Waals surface area contributed by atoms with Gasteiger partial charge < -0.3 is 8.83 Å². The Kier molecular flexibility index (Phi) is 4.87. The normalized spacial score (nSPS) is 10.8. The van der Waals surface area contributed by atoms with Crippen molar-refractivity contribution < 1.29 is 8.83 Å². The number of rotatable bonds is 7. The fourth-order valence-corrected chi connectivity index (χ4v) is 2.37. The number of aromatic nitrogens is 1. The predicted molar refractivity (Wildman–Crippen MR) is 85.0 cm³/mol. The van der Waals surface area contributed by atoms with Crippen LogP contribution < -0.4 is 0 Å². The summed E-state index contributed by atoms with van der Waals surface area (Å²) in [5.41, 5.74) is 1.79. The molecule has 0 bridgehead atoms. The number of nitriles is 1. The summed E-state index contributed by atoms with van der Waals surface area (Å²) >= 11 is 0.